The highest BCUT2D eigenvalue weighted by Crippen LogP contribution is 2.40. The molecule has 11 heteroatoms. The Kier molecular flexibility index (Phi) is 8.98. The predicted molar refractivity (Wildman–Crippen MR) is 176 cm³/mol. The van der Waals surface area contributed by atoms with E-state index in [9.17, 15) is 13.2 Å². The van der Waals surface area contributed by atoms with Gasteiger partial charge in [-0.15, -0.1) is 0 Å². The first-order chi connectivity index (χ1) is 20.9. The number of carbonyl (C=O) groups excluding carboxylic acids is 1. The standard InChI is InChI=1S/C33H39N5O5S/c1-33(2,3)22-18-28(31(42-4)29(19-22)37-44(5,40)41)36-32(39)35-27-12-13-30(26-11-7-6-10-25(26)27)43-24-14-15-34-23(20-24)21-38-16-8-9-17-38/h6-7,10-15,18-20,37H,8-9,16-17,21H2,1-5H3,(H2,35,36,39). The number of hydrogen-bond acceptors (Lipinski definition) is 7. The summed E-state index contributed by atoms with van der Waals surface area (Å²) in [5.41, 5.74) is 2.59. The number of amides is 2. The maximum absolute atomic E-state index is 13.3. The lowest BCUT2D eigenvalue weighted by Crippen LogP contribution is -2.22. The molecule has 1 aromatic heterocycles. The van der Waals surface area contributed by atoms with E-state index in [1.165, 1.54) is 20.0 Å². The Morgan fingerprint density at radius 3 is 2.30 bits per heavy atom. The molecule has 2 heterocycles. The third kappa shape index (κ3) is 7.59. The van der Waals surface area contributed by atoms with Crippen LogP contribution < -0.4 is 24.8 Å². The zero-order valence-electron chi connectivity index (χ0n) is 25.7. The van der Waals surface area contributed by atoms with Crippen molar-refractivity contribution in [1.29, 1.82) is 0 Å². The smallest absolute Gasteiger partial charge is 0.323 e. The molecule has 3 N–H and O–H groups in total. The molecule has 232 valence electrons. The molecule has 1 aliphatic heterocycles. The highest BCUT2D eigenvalue weighted by molar-refractivity contribution is 7.92. The highest BCUT2D eigenvalue weighted by Gasteiger charge is 2.22. The number of carbonyl (C=O) groups is 1. The Hall–Kier alpha value is -4.35. The number of fused-ring (bicyclic) bond motifs is 1. The molecule has 5 rings (SSSR count). The number of sulfonamides is 1. The van der Waals surface area contributed by atoms with Crippen LogP contribution in [0.4, 0.5) is 21.9 Å². The second-order valence-corrected chi connectivity index (χ2v) is 13.8. The molecular formula is C33H39N5O5S. The van der Waals surface area contributed by atoms with Crippen molar-refractivity contribution < 1.29 is 22.7 Å². The fourth-order valence-corrected chi connectivity index (χ4v) is 5.85. The number of anilines is 3. The Bertz CT molecular complexity index is 1780. The van der Waals surface area contributed by atoms with Gasteiger partial charge in [-0.3, -0.25) is 14.6 Å². The SMILES string of the molecule is COc1c(NC(=O)Nc2ccc(Oc3ccnc(CN4CCCC4)c3)c3ccccc23)cc(C(C)(C)C)cc1NS(C)(=O)=O. The molecule has 1 saturated heterocycles. The summed E-state index contributed by atoms with van der Waals surface area (Å²) < 4.78 is 38.5. The molecule has 4 aromatic rings. The van der Waals surface area contributed by atoms with Gasteiger partial charge in [0.25, 0.3) is 0 Å². The molecule has 3 aromatic carbocycles. The summed E-state index contributed by atoms with van der Waals surface area (Å²) in [5.74, 6) is 1.55. The number of nitrogens with one attached hydrogen (secondary N) is 3. The normalized spacial score (nSPS) is 13.9. The zero-order valence-corrected chi connectivity index (χ0v) is 26.5. The first-order valence-corrected chi connectivity index (χ1v) is 16.4. The van der Waals surface area contributed by atoms with Crippen LogP contribution in [0.25, 0.3) is 10.8 Å². The second-order valence-electron chi connectivity index (χ2n) is 12.0. The number of rotatable bonds is 9. The van der Waals surface area contributed by atoms with Crippen LogP contribution in [0.2, 0.25) is 0 Å². The number of ether oxygens (including phenoxy) is 2. The average molecular weight is 618 g/mol. The minimum Gasteiger partial charge on any atom is -0.492 e. The summed E-state index contributed by atoms with van der Waals surface area (Å²) in [7, 11) is -2.18. The Morgan fingerprint density at radius 1 is 0.932 bits per heavy atom. The van der Waals surface area contributed by atoms with Gasteiger partial charge in [0.1, 0.15) is 11.5 Å². The van der Waals surface area contributed by atoms with E-state index in [4.69, 9.17) is 9.47 Å². The first kappa shape index (κ1) is 31.1. The molecule has 10 nitrogen and oxygen atoms in total. The molecule has 0 radical (unpaired) electrons. The topological polar surface area (TPSA) is 122 Å². The Balaban J connectivity index is 1.39. The van der Waals surface area contributed by atoms with E-state index in [0.717, 1.165) is 47.9 Å². The van der Waals surface area contributed by atoms with Crippen molar-refractivity contribution in [3.05, 3.63) is 78.1 Å². The molecule has 2 amide bonds. The molecular weight excluding hydrogens is 578 g/mol. The van der Waals surface area contributed by atoms with Gasteiger partial charge in [0.2, 0.25) is 10.0 Å². The van der Waals surface area contributed by atoms with Gasteiger partial charge in [-0.05, 0) is 67.2 Å². The summed E-state index contributed by atoms with van der Waals surface area (Å²) in [6.45, 7) is 8.97. The minimum absolute atomic E-state index is 0.202. The lowest BCUT2D eigenvalue weighted by molar-refractivity contribution is 0.262. The molecule has 44 heavy (non-hydrogen) atoms. The van der Waals surface area contributed by atoms with E-state index in [2.05, 4.69) is 25.2 Å². The van der Waals surface area contributed by atoms with Crippen LogP contribution in [0.1, 0.15) is 44.9 Å². The van der Waals surface area contributed by atoms with Gasteiger partial charge in [-0.2, -0.15) is 0 Å². The van der Waals surface area contributed by atoms with E-state index in [1.54, 1.807) is 24.4 Å². The van der Waals surface area contributed by atoms with Crippen LogP contribution in [0, 0.1) is 0 Å². The molecule has 0 bridgehead atoms. The van der Waals surface area contributed by atoms with E-state index in [1.807, 2.05) is 63.2 Å². The minimum atomic E-state index is -3.60. The molecule has 0 unspecified atom stereocenters. The molecule has 0 saturated carbocycles. The second kappa shape index (κ2) is 12.7. The number of benzene rings is 3. The fourth-order valence-electron chi connectivity index (χ4n) is 5.30. The molecule has 1 fully saturated rings. The lowest BCUT2D eigenvalue weighted by Gasteiger charge is -2.24. The average Bonchev–Trinajstić information content (AvgIpc) is 3.46. The number of likely N-dealkylation sites (tertiary alicyclic amines) is 1. The summed E-state index contributed by atoms with van der Waals surface area (Å²) in [6.07, 6.45) is 5.28. The van der Waals surface area contributed by atoms with Crippen LogP contribution in [-0.4, -0.2) is 50.8 Å². The zero-order chi connectivity index (χ0) is 31.5. The number of aromatic nitrogens is 1. The van der Waals surface area contributed by atoms with Crippen LogP contribution in [0.3, 0.4) is 0 Å². The fraction of sp³-hybridized carbons (Fsp3) is 0.333. The van der Waals surface area contributed by atoms with Gasteiger partial charge in [0.05, 0.1) is 36.1 Å². The van der Waals surface area contributed by atoms with Crippen molar-refractivity contribution in [3.8, 4) is 17.2 Å². The van der Waals surface area contributed by atoms with Gasteiger partial charge in [-0.25, -0.2) is 13.2 Å². The van der Waals surface area contributed by atoms with Crippen LogP contribution >= 0.6 is 0 Å². The molecule has 0 atom stereocenters. The van der Waals surface area contributed by atoms with Gasteiger partial charge in [-0.1, -0.05) is 45.0 Å². The third-order valence-electron chi connectivity index (χ3n) is 7.44. The van der Waals surface area contributed by atoms with E-state index in [0.29, 0.717) is 22.9 Å². The van der Waals surface area contributed by atoms with Crippen LogP contribution in [0.15, 0.2) is 66.9 Å². The maximum atomic E-state index is 13.3. The Labute approximate surface area is 258 Å². The van der Waals surface area contributed by atoms with Gasteiger partial charge in [0.15, 0.2) is 5.75 Å². The van der Waals surface area contributed by atoms with Crippen molar-refractivity contribution in [1.82, 2.24) is 9.88 Å². The van der Waals surface area contributed by atoms with Crippen LogP contribution in [0.5, 0.6) is 17.2 Å². The highest BCUT2D eigenvalue weighted by atomic mass is 32.2. The van der Waals surface area contributed by atoms with Crippen molar-refractivity contribution in [3.63, 3.8) is 0 Å². The number of pyridine rings is 1. The first-order valence-electron chi connectivity index (χ1n) is 14.5. The van der Waals surface area contributed by atoms with E-state index < -0.39 is 16.1 Å². The summed E-state index contributed by atoms with van der Waals surface area (Å²) in [4.78, 5) is 20.3. The lowest BCUT2D eigenvalue weighted by atomic mass is 9.86. The summed E-state index contributed by atoms with van der Waals surface area (Å²) >= 11 is 0. The van der Waals surface area contributed by atoms with Gasteiger partial charge < -0.3 is 20.1 Å². The molecule has 1 aliphatic rings. The van der Waals surface area contributed by atoms with Crippen molar-refractivity contribution >= 4 is 43.9 Å². The number of nitrogens with zero attached hydrogens (tertiary/aromatic N) is 2. The van der Waals surface area contributed by atoms with Crippen molar-refractivity contribution in [2.45, 2.75) is 45.6 Å². The third-order valence-corrected chi connectivity index (χ3v) is 8.03. The summed E-state index contributed by atoms with van der Waals surface area (Å²) in [5, 5.41) is 7.41. The molecule has 0 spiro atoms. The van der Waals surface area contributed by atoms with Crippen LogP contribution in [-0.2, 0) is 22.0 Å². The number of urea groups is 1. The van der Waals surface area contributed by atoms with Crippen molar-refractivity contribution in [2.75, 3.05) is 41.8 Å². The van der Waals surface area contributed by atoms with Gasteiger partial charge in [0, 0.05) is 29.6 Å². The quantitative estimate of drug-likeness (QED) is 0.186. The largest absolute Gasteiger partial charge is 0.492 e. The Morgan fingerprint density at radius 2 is 1.61 bits per heavy atom. The van der Waals surface area contributed by atoms with Crippen molar-refractivity contribution in [2.24, 2.45) is 0 Å². The predicted octanol–water partition coefficient (Wildman–Crippen LogP) is 6.94. The number of hydrogen-bond donors (Lipinski definition) is 3. The van der Waals surface area contributed by atoms with Gasteiger partial charge >= 0.3 is 6.03 Å². The molecule has 0 aliphatic carbocycles. The van der Waals surface area contributed by atoms with E-state index >= 15 is 0 Å². The monoisotopic (exact) mass is 617 g/mol. The van der Waals surface area contributed by atoms with E-state index in [-0.39, 0.29) is 16.9 Å². The number of methoxy groups -OCH3 is 1. The maximum Gasteiger partial charge on any atom is 0.323 e. The summed E-state index contributed by atoms with van der Waals surface area (Å²) in [6, 6.07) is 18.1.